The number of amides is 1. The molecule has 1 saturated heterocycles. The van der Waals surface area contributed by atoms with Crippen molar-refractivity contribution in [2.24, 2.45) is 4.99 Å². The Kier molecular flexibility index (Phi) is 2.22. The predicted molar refractivity (Wildman–Crippen MR) is 60.3 cm³/mol. The first-order valence-electron chi connectivity index (χ1n) is 5.43. The van der Waals surface area contributed by atoms with E-state index in [2.05, 4.69) is 10.3 Å². The molecule has 0 aliphatic carbocycles. The highest BCUT2D eigenvalue weighted by Crippen LogP contribution is 2.22. The summed E-state index contributed by atoms with van der Waals surface area (Å²) in [6, 6.07) is 5.49. The number of rotatable bonds is 2. The van der Waals surface area contributed by atoms with Gasteiger partial charge in [0.05, 0.1) is 5.56 Å². The number of hydrogen-bond acceptors (Lipinski definition) is 3. The first-order valence-corrected chi connectivity index (χ1v) is 5.43. The quantitative estimate of drug-likeness (QED) is 0.802. The molecule has 0 spiro atoms. The van der Waals surface area contributed by atoms with Gasteiger partial charge in [-0.3, -0.25) is 4.79 Å². The fourth-order valence-corrected chi connectivity index (χ4v) is 2.03. The third-order valence-corrected chi connectivity index (χ3v) is 2.89. The van der Waals surface area contributed by atoms with Gasteiger partial charge < -0.3 is 10.1 Å². The van der Waals surface area contributed by atoms with Crippen molar-refractivity contribution in [3.05, 3.63) is 29.3 Å². The normalized spacial score (nSPS) is 22.5. The number of carbonyl (C=O) groups is 1. The van der Waals surface area contributed by atoms with Crippen LogP contribution in [0.5, 0.6) is 5.75 Å². The first-order chi connectivity index (χ1) is 7.83. The topological polar surface area (TPSA) is 50.7 Å². The third kappa shape index (κ3) is 1.61. The van der Waals surface area contributed by atoms with Crippen LogP contribution in [0.25, 0.3) is 0 Å². The van der Waals surface area contributed by atoms with Gasteiger partial charge in [0.2, 0.25) is 0 Å². The van der Waals surface area contributed by atoms with E-state index in [9.17, 15) is 4.79 Å². The predicted octanol–water partition coefficient (Wildman–Crippen LogP) is 1.00. The smallest absolute Gasteiger partial charge is 0.277 e. The molecule has 1 atom stereocenters. The van der Waals surface area contributed by atoms with E-state index in [0.717, 1.165) is 30.8 Å². The third-order valence-electron chi connectivity index (χ3n) is 2.89. The summed E-state index contributed by atoms with van der Waals surface area (Å²) in [5.41, 5.74) is 1.52. The maximum absolute atomic E-state index is 11.3. The van der Waals surface area contributed by atoms with Gasteiger partial charge in [0, 0.05) is 18.3 Å². The van der Waals surface area contributed by atoms with E-state index >= 15 is 0 Å². The highest BCUT2D eigenvalue weighted by Gasteiger charge is 2.19. The summed E-state index contributed by atoms with van der Waals surface area (Å²) in [7, 11) is 0. The van der Waals surface area contributed by atoms with E-state index in [1.165, 1.54) is 0 Å². The lowest BCUT2D eigenvalue weighted by molar-refractivity contribution is 0.101. The molecule has 1 N–H and O–H groups in total. The SMILES string of the molecule is O=C1N=Cc2cc(O[C@H]3CCNC3)ccc21. The van der Waals surface area contributed by atoms with Gasteiger partial charge >= 0.3 is 0 Å². The maximum Gasteiger partial charge on any atom is 0.277 e. The number of benzene rings is 1. The van der Waals surface area contributed by atoms with Crippen molar-refractivity contribution in [2.45, 2.75) is 12.5 Å². The zero-order chi connectivity index (χ0) is 11.0. The first kappa shape index (κ1) is 9.54. The lowest BCUT2D eigenvalue weighted by Crippen LogP contribution is -2.19. The number of nitrogens with zero attached hydrogens (tertiary/aromatic N) is 1. The van der Waals surface area contributed by atoms with Crippen molar-refractivity contribution < 1.29 is 9.53 Å². The molecule has 2 aliphatic heterocycles. The molecular formula is C12H12N2O2. The number of aliphatic imine (C=N–C) groups is 1. The Hall–Kier alpha value is -1.68. The molecule has 0 aromatic heterocycles. The van der Waals surface area contributed by atoms with Crippen LogP contribution in [-0.4, -0.2) is 31.3 Å². The van der Waals surface area contributed by atoms with E-state index in [1.807, 2.05) is 12.1 Å². The van der Waals surface area contributed by atoms with Gasteiger partial charge in [-0.05, 0) is 31.2 Å². The number of ether oxygens (including phenoxy) is 1. The number of nitrogens with one attached hydrogen (secondary N) is 1. The summed E-state index contributed by atoms with van der Waals surface area (Å²) in [5.74, 6) is 0.651. The van der Waals surface area contributed by atoms with Gasteiger partial charge in [-0.2, -0.15) is 0 Å². The molecule has 3 rings (SSSR count). The Bertz CT molecular complexity index is 462. The Morgan fingerprint density at radius 3 is 3.19 bits per heavy atom. The van der Waals surface area contributed by atoms with Crippen LogP contribution in [0.2, 0.25) is 0 Å². The lowest BCUT2D eigenvalue weighted by atomic mass is 10.1. The largest absolute Gasteiger partial charge is 0.489 e. The molecule has 0 saturated carbocycles. The van der Waals surface area contributed by atoms with Gasteiger partial charge in [-0.15, -0.1) is 0 Å². The lowest BCUT2D eigenvalue weighted by Gasteiger charge is -2.12. The second kappa shape index (κ2) is 3.72. The standard InChI is InChI=1S/C12H12N2O2/c15-12-11-2-1-9(5-8(11)6-14-12)16-10-3-4-13-7-10/h1-2,5-6,10,13H,3-4,7H2/t10-/m0/s1. The summed E-state index contributed by atoms with van der Waals surface area (Å²) < 4.78 is 5.80. The molecule has 1 aromatic rings. The van der Waals surface area contributed by atoms with Gasteiger partial charge in [-0.25, -0.2) is 4.99 Å². The average Bonchev–Trinajstić information content (AvgIpc) is 2.90. The van der Waals surface area contributed by atoms with Gasteiger partial charge in [0.25, 0.3) is 5.91 Å². The van der Waals surface area contributed by atoms with E-state index in [0.29, 0.717) is 5.56 Å². The van der Waals surface area contributed by atoms with Crippen LogP contribution in [0.4, 0.5) is 0 Å². The molecule has 1 fully saturated rings. The molecule has 16 heavy (non-hydrogen) atoms. The summed E-state index contributed by atoms with van der Waals surface area (Å²) in [4.78, 5) is 15.0. The summed E-state index contributed by atoms with van der Waals surface area (Å²) in [6.45, 7) is 1.90. The molecule has 1 amide bonds. The Labute approximate surface area is 93.3 Å². The molecule has 2 heterocycles. The highest BCUT2D eigenvalue weighted by atomic mass is 16.5. The van der Waals surface area contributed by atoms with Crippen molar-refractivity contribution in [3.8, 4) is 5.75 Å². The molecule has 4 heteroatoms. The molecule has 0 radical (unpaired) electrons. The van der Waals surface area contributed by atoms with Crippen LogP contribution >= 0.6 is 0 Å². The summed E-state index contributed by atoms with van der Waals surface area (Å²) >= 11 is 0. The van der Waals surface area contributed by atoms with E-state index < -0.39 is 0 Å². The molecular weight excluding hydrogens is 204 g/mol. The van der Waals surface area contributed by atoms with Crippen molar-refractivity contribution >= 4 is 12.1 Å². The van der Waals surface area contributed by atoms with Crippen molar-refractivity contribution in [2.75, 3.05) is 13.1 Å². The molecule has 4 nitrogen and oxygen atoms in total. The second-order valence-corrected chi connectivity index (χ2v) is 4.05. The van der Waals surface area contributed by atoms with E-state index in [1.54, 1.807) is 12.3 Å². The van der Waals surface area contributed by atoms with Crippen LogP contribution in [0, 0.1) is 0 Å². The Morgan fingerprint density at radius 1 is 1.44 bits per heavy atom. The van der Waals surface area contributed by atoms with E-state index in [-0.39, 0.29) is 12.0 Å². The number of hydrogen-bond donors (Lipinski definition) is 1. The van der Waals surface area contributed by atoms with Crippen LogP contribution in [0.15, 0.2) is 23.2 Å². The van der Waals surface area contributed by atoms with Gasteiger partial charge in [-0.1, -0.05) is 0 Å². The minimum atomic E-state index is -0.163. The van der Waals surface area contributed by atoms with Crippen LogP contribution in [-0.2, 0) is 0 Å². The molecule has 0 unspecified atom stereocenters. The van der Waals surface area contributed by atoms with Gasteiger partial charge in [0.15, 0.2) is 0 Å². The highest BCUT2D eigenvalue weighted by molar-refractivity contribution is 6.13. The van der Waals surface area contributed by atoms with Gasteiger partial charge in [0.1, 0.15) is 11.9 Å². The maximum atomic E-state index is 11.3. The average molecular weight is 216 g/mol. The number of fused-ring (bicyclic) bond motifs is 1. The Balaban J connectivity index is 1.81. The van der Waals surface area contributed by atoms with Crippen molar-refractivity contribution in [3.63, 3.8) is 0 Å². The van der Waals surface area contributed by atoms with Crippen LogP contribution < -0.4 is 10.1 Å². The minimum absolute atomic E-state index is 0.163. The molecule has 1 aromatic carbocycles. The molecule has 0 bridgehead atoms. The summed E-state index contributed by atoms with van der Waals surface area (Å²) in [6.07, 6.45) is 2.87. The minimum Gasteiger partial charge on any atom is -0.489 e. The Morgan fingerprint density at radius 2 is 2.38 bits per heavy atom. The van der Waals surface area contributed by atoms with Crippen molar-refractivity contribution in [1.82, 2.24) is 5.32 Å². The van der Waals surface area contributed by atoms with Crippen LogP contribution in [0.3, 0.4) is 0 Å². The molecule has 82 valence electrons. The van der Waals surface area contributed by atoms with E-state index in [4.69, 9.17) is 4.74 Å². The summed E-state index contributed by atoms with van der Waals surface area (Å²) in [5, 5.41) is 3.25. The van der Waals surface area contributed by atoms with Crippen molar-refractivity contribution in [1.29, 1.82) is 0 Å². The number of carbonyl (C=O) groups excluding carboxylic acids is 1. The second-order valence-electron chi connectivity index (χ2n) is 4.05. The molecule has 2 aliphatic rings. The zero-order valence-corrected chi connectivity index (χ0v) is 8.77. The monoisotopic (exact) mass is 216 g/mol. The fraction of sp³-hybridized carbons (Fsp3) is 0.333. The zero-order valence-electron chi connectivity index (χ0n) is 8.77. The fourth-order valence-electron chi connectivity index (χ4n) is 2.03. The van der Waals surface area contributed by atoms with Crippen LogP contribution in [0.1, 0.15) is 22.3 Å².